The summed E-state index contributed by atoms with van der Waals surface area (Å²) in [7, 11) is 0. The minimum atomic E-state index is -0.776. The van der Waals surface area contributed by atoms with Gasteiger partial charge in [-0.05, 0) is 63.6 Å². The Morgan fingerprint density at radius 3 is 2.59 bits per heavy atom. The van der Waals surface area contributed by atoms with E-state index in [0.29, 0.717) is 24.1 Å². The van der Waals surface area contributed by atoms with Crippen LogP contribution in [0.5, 0.6) is 0 Å². The van der Waals surface area contributed by atoms with E-state index in [1.165, 1.54) is 11.0 Å². The highest BCUT2D eigenvalue weighted by Gasteiger charge is 2.41. The van der Waals surface area contributed by atoms with Gasteiger partial charge in [0.1, 0.15) is 11.4 Å². The molecule has 32 heavy (non-hydrogen) atoms. The molecule has 0 spiro atoms. The second-order valence-corrected chi connectivity index (χ2v) is 9.58. The fourth-order valence-corrected chi connectivity index (χ4v) is 4.86. The molecule has 4 amide bonds. The van der Waals surface area contributed by atoms with Gasteiger partial charge >= 0.3 is 6.09 Å². The Labute approximate surface area is 185 Å². The molecule has 9 heteroatoms. The summed E-state index contributed by atoms with van der Waals surface area (Å²) in [6.07, 6.45) is 1.87. The van der Waals surface area contributed by atoms with Gasteiger partial charge in [-0.2, -0.15) is 0 Å². The lowest BCUT2D eigenvalue weighted by atomic mass is 9.79. The third kappa shape index (κ3) is 4.08. The quantitative estimate of drug-likeness (QED) is 0.681. The third-order valence-electron chi connectivity index (χ3n) is 6.19. The summed E-state index contributed by atoms with van der Waals surface area (Å²) < 4.78 is 21.2. The molecular formula is C23H28FN3O5. The lowest BCUT2D eigenvalue weighted by molar-refractivity contribution is -0.134. The maximum Gasteiger partial charge on any atom is 0.410 e. The zero-order chi connectivity index (χ0) is 23.2. The molecule has 3 heterocycles. The van der Waals surface area contributed by atoms with Gasteiger partial charge in [0.15, 0.2) is 0 Å². The number of fused-ring (bicyclic) bond motifs is 1. The van der Waals surface area contributed by atoms with Crippen LogP contribution in [0.15, 0.2) is 6.07 Å². The first-order chi connectivity index (χ1) is 15.1. The van der Waals surface area contributed by atoms with Crippen LogP contribution >= 0.6 is 0 Å². The van der Waals surface area contributed by atoms with Crippen molar-refractivity contribution < 1.29 is 28.3 Å². The van der Waals surface area contributed by atoms with Crippen LogP contribution < -0.4 is 10.6 Å². The second kappa shape index (κ2) is 8.18. The van der Waals surface area contributed by atoms with Gasteiger partial charge in [0.25, 0.3) is 5.91 Å². The summed E-state index contributed by atoms with van der Waals surface area (Å²) in [6.45, 7) is 5.89. The summed E-state index contributed by atoms with van der Waals surface area (Å²) >= 11 is 0. The summed E-state index contributed by atoms with van der Waals surface area (Å²) in [6, 6.07) is 0.574. The van der Waals surface area contributed by atoms with Gasteiger partial charge in [-0.1, -0.05) is 0 Å². The van der Waals surface area contributed by atoms with Crippen molar-refractivity contribution in [1.29, 1.82) is 0 Å². The average molecular weight is 445 g/mol. The smallest absolute Gasteiger partial charge is 0.410 e. The van der Waals surface area contributed by atoms with Gasteiger partial charge in [-0.3, -0.25) is 19.7 Å². The standard InChI is InChI=1S/C23H28FN3O5/c1-23(2,3)32-22(31)27-9-5-4-6-16(27)19-15(24)10-13-14(11-25-20(13)29)18(19)12-7-8-17(28)26-21(12)30/h10,12,16H,4-9,11H2,1-3H3,(H,25,29)(H,26,28,30). The van der Waals surface area contributed by atoms with Gasteiger partial charge in [0, 0.05) is 30.6 Å². The fourth-order valence-electron chi connectivity index (χ4n) is 4.86. The molecular weight excluding hydrogens is 417 g/mol. The first-order valence-corrected chi connectivity index (χ1v) is 11.0. The molecule has 4 rings (SSSR count). The monoisotopic (exact) mass is 445 g/mol. The Morgan fingerprint density at radius 1 is 1.16 bits per heavy atom. The molecule has 0 radical (unpaired) electrons. The Bertz CT molecular complexity index is 1000. The minimum Gasteiger partial charge on any atom is -0.444 e. The number of hydrogen-bond acceptors (Lipinski definition) is 5. The molecule has 172 valence electrons. The molecule has 2 saturated heterocycles. The number of ether oxygens (including phenoxy) is 1. The highest BCUT2D eigenvalue weighted by Crippen LogP contribution is 2.43. The van der Waals surface area contributed by atoms with Gasteiger partial charge in [-0.15, -0.1) is 0 Å². The number of hydrogen-bond donors (Lipinski definition) is 2. The first-order valence-electron chi connectivity index (χ1n) is 11.0. The lowest BCUT2D eigenvalue weighted by Crippen LogP contribution is -2.44. The number of imide groups is 1. The van der Waals surface area contributed by atoms with E-state index in [1.54, 1.807) is 20.8 Å². The van der Waals surface area contributed by atoms with E-state index < -0.39 is 41.3 Å². The molecule has 3 aliphatic heterocycles. The van der Waals surface area contributed by atoms with E-state index in [2.05, 4.69) is 10.6 Å². The van der Waals surface area contributed by atoms with Crippen LogP contribution in [0.2, 0.25) is 0 Å². The Kier molecular flexibility index (Phi) is 5.68. The van der Waals surface area contributed by atoms with Crippen LogP contribution in [-0.2, 0) is 20.9 Å². The van der Waals surface area contributed by atoms with Crippen molar-refractivity contribution in [1.82, 2.24) is 15.5 Å². The van der Waals surface area contributed by atoms with Crippen LogP contribution in [0.3, 0.4) is 0 Å². The summed E-state index contributed by atoms with van der Waals surface area (Å²) in [5, 5.41) is 5.04. The Hall–Kier alpha value is -2.97. The van der Waals surface area contributed by atoms with Crippen molar-refractivity contribution in [3.05, 3.63) is 34.1 Å². The van der Waals surface area contributed by atoms with E-state index in [-0.39, 0.29) is 36.4 Å². The predicted octanol–water partition coefficient (Wildman–Crippen LogP) is 3.05. The lowest BCUT2D eigenvalue weighted by Gasteiger charge is -2.39. The normalized spacial score (nSPS) is 23.5. The summed E-state index contributed by atoms with van der Waals surface area (Å²) in [4.78, 5) is 51.3. The maximum atomic E-state index is 15.6. The largest absolute Gasteiger partial charge is 0.444 e. The molecule has 0 aliphatic carbocycles. The third-order valence-corrected chi connectivity index (χ3v) is 6.19. The van der Waals surface area contributed by atoms with E-state index >= 15 is 4.39 Å². The fraction of sp³-hybridized carbons (Fsp3) is 0.565. The number of benzene rings is 1. The molecule has 2 N–H and O–H groups in total. The maximum absolute atomic E-state index is 15.6. The molecule has 8 nitrogen and oxygen atoms in total. The summed E-state index contributed by atoms with van der Waals surface area (Å²) in [5.74, 6) is -2.67. The number of rotatable bonds is 2. The van der Waals surface area contributed by atoms with E-state index in [0.717, 1.165) is 12.8 Å². The SMILES string of the molecule is CC(C)(C)OC(=O)N1CCCCC1c1c(F)cc2c(c1C1CCC(=O)NC1=O)CNC2=O. The zero-order valence-corrected chi connectivity index (χ0v) is 18.5. The van der Waals surface area contributed by atoms with Crippen LogP contribution in [0.4, 0.5) is 9.18 Å². The molecule has 0 saturated carbocycles. The van der Waals surface area contributed by atoms with Crippen molar-refractivity contribution in [3.63, 3.8) is 0 Å². The number of carbonyl (C=O) groups excluding carboxylic acids is 4. The molecule has 2 atom stereocenters. The van der Waals surface area contributed by atoms with Crippen molar-refractivity contribution in [3.8, 4) is 0 Å². The topological polar surface area (TPSA) is 105 Å². The Morgan fingerprint density at radius 2 is 1.91 bits per heavy atom. The highest BCUT2D eigenvalue weighted by atomic mass is 19.1. The van der Waals surface area contributed by atoms with Crippen molar-refractivity contribution in [2.45, 2.75) is 77.0 Å². The zero-order valence-electron chi connectivity index (χ0n) is 18.5. The first kappa shape index (κ1) is 22.2. The molecule has 1 aromatic rings. The van der Waals surface area contributed by atoms with Crippen molar-refractivity contribution in [2.75, 3.05) is 6.54 Å². The molecule has 0 aromatic heterocycles. The molecule has 1 aromatic carbocycles. The average Bonchev–Trinajstić information content (AvgIpc) is 3.06. The Balaban J connectivity index is 1.84. The van der Waals surface area contributed by atoms with Gasteiger partial charge in [-0.25, -0.2) is 9.18 Å². The number of piperidine rings is 2. The van der Waals surface area contributed by atoms with Crippen molar-refractivity contribution in [2.24, 2.45) is 0 Å². The van der Waals surface area contributed by atoms with E-state index in [1.807, 2.05) is 0 Å². The molecule has 3 aliphatic rings. The number of likely N-dealkylation sites (tertiary alicyclic amines) is 1. The molecule has 2 fully saturated rings. The predicted molar refractivity (Wildman–Crippen MR) is 112 cm³/mol. The van der Waals surface area contributed by atoms with Gasteiger partial charge in [0.2, 0.25) is 11.8 Å². The number of carbonyl (C=O) groups is 4. The second-order valence-electron chi connectivity index (χ2n) is 9.58. The minimum absolute atomic E-state index is 0.128. The number of nitrogens with zero attached hydrogens (tertiary/aromatic N) is 1. The number of amides is 4. The van der Waals surface area contributed by atoms with Gasteiger partial charge < -0.3 is 15.0 Å². The number of halogens is 1. The molecule has 2 unspecified atom stereocenters. The number of nitrogens with one attached hydrogen (secondary N) is 2. The van der Waals surface area contributed by atoms with Gasteiger partial charge in [0.05, 0.1) is 12.0 Å². The van der Waals surface area contributed by atoms with Crippen LogP contribution in [0.25, 0.3) is 0 Å². The highest BCUT2D eigenvalue weighted by molar-refractivity contribution is 6.03. The summed E-state index contributed by atoms with van der Waals surface area (Å²) in [5.41, 5.74) is 0.725. The van der Waals surface area contributed by atoms with E-state index in [9.17, 15) is 19.2 Å². The van der Waals surface area contributed by atoms with Crippen molar-refractivity contribution >= 4 is 23.8 Å². The molecule has 0 bridgehead atoms. The van der Waals surface area contributed by atoms with E-state index in [4.69, 9.17) is 4.74 Å². The van der Waals surface area contributed by atoms with Crippen LogP contribution in [0.1, 0.15) is 91.9 Å². The van der Waals surface area contributed by atoms with Crippen LogP contribution in [0, 0.1) is 5.82 Å². The van der Waals surface area contributed by atoms with Crippen LogP contribution in [-0.4, -0.2) is 40.9 Å².